The zero-order chi connectivity index (χ0) is 19.8. The predicted molar refractivity (Wildman–Crippen MR) is 117 cm³/mol. The lowest BCUT2D eigenvalue weighted by molar-refractivity contribution is -0.113. The molecule has 0 heterocycles. The second-order valence-electron chi connectivity index (χ2n) is 7.38. The van der Waals surface area contributed by atoms with Gasteiger partial charge in [-0.3, -0.25) is 9.59 Å². The summed E-state index contributed by atoms with van der Waals surface area (Å²) in [6.45, 7) is 2.07. The van der Waals surface area contributed by atoms with Crippen LogP contribution < -0.4 is 10.6 Å². The molecule has 28 heavy (non-hydrogen) atoms. The number of aryl methyl sites for hydroxylation is 1. The Balaban J connectivity index is 1.53. The number of nitrogens with one attached hydrogen (secondary N) is 2. The molecule has 5 heteroatoms. The smallest absolute Gasteiger partial charge is 0.253 e. The van der Waals surface area contributed by atoms with Gasteiger partial charge in [0.05, 0.1) is 17.0 Å². The number of carbonyl (C=O) groups excluding carboxylic acids is 2. The van der Waals surface area contributed by atoms with Gasteiger partial charge in [-0.15, -0.1) is 11.8 Å². The van der Waals surface area contributed by atoms with E-state index in [1.807, 2.05) is 18.2 Å². The molecule has 0 aliphatic heterocycles. The van der Waals surface area contributed by atoms with Gasteiger partial charge in [0.1, 0.15) is 0 Å². The van der Waals surface area contributed by atoms with E-state index < -0.39 is 0 Å². The lowest BCUT2D eigenvalue weighted by atomic mass is 9.95. The molecular formula is C23H28N2O2S. The highest BCUT2D eigenvalue weighted by atomic mass is 32.2. The van der Waals surface area contributed by atoms with Crippen molar-refractivity contribution in [2.24, 2.45) is 0 Å². The molecule has 2 amide bonds. The van der Waals surface area contributed by atoms with Crippen LogP contribution in [-0.2, 0) is 10.5 Å². The van der Waals surface area contributed by atoms with E-state index in [4.69, 9.17) is 0 Å². The molecule has 0 saturated heterocycles. The maximum Gasteiger partial charge on any atom is 0.253 e. The van der Waals surface area contributed by atoms with Gasteiger partial charge in [-0.2, -0.15) is 0 Å². The largest absolute Gasteiger partial charge is 0.349 e. The molecule has 1 saturated carbocycles. The third-order valence-electron chi connectivity index (χ3n) is 4.97. The van der Waals surface area contributed by atoms with Crippen molar-refractivity contribution >= 4 is 29.3 Å². The minimum atomic E-state index is -0.102. The Labute approximate surface area is 171 Å². The fourth-order valence-electron chi connectivity index (χ4n) is 3.55. The van der Waals surface area contributed by atoms with E-state index in [9.17, 15) is 9.59 Å². The highest BCUT2D eigenvalue weighted by Crippen LogP contribution is 2.20. The molecule has 0 aromatic heterocycles. The van der Waals surface area contributed by atoms with Gasteiger partial charge in [-0.05, 0) is 37.5 Å². The molecule has 0 spiro atoms. The van der Waals surface area contributed by atoms with Gasteiger partial charge in [-0.25, -0.2) is 0 Å². The zero-order valence-electron chi connectivity index (χ0n) is 16.4. The molecule has 0 bridgehead atoms. The highest BCUT2D eigenvalue weighted by molar-refractivity contribution is 7.99. The highest BCUT2D eigenvalue weighted by Gasteiger charge is 2.19. The number of rotatable bonds is 7. The molecule has 2 N–H and O–H groups in total. The van der Waals surface area contributed by atoms with Gasteiger partial charge < -0.3 is 10.6 Å². The van der Waals surface area contributed by atoms with E-state index >= 15 is 0 Å². The van der Waals surface area contributed by atoms with E-state index in [1.54, 1.807) is 23.9 Å². The Morgan fingerprint density at radius 2 is 1.82 bits per heavy atom. The van der Waals surface area contributed by atoms with E-state index in [1.165, 1.54) is 30.4 Å². The van der Waals surface area contributed by atoms with Gasteiger partial charge in [0.2, 0.25) is 5.91 Å². The molecule has 0 radical (unpaired) electrons. The van der Waals surface area contributed by atoms with Crippen LogP contribution in [0.15, 0.2) is 48.5 Å². The van der Waals surface area contributed by atoms with Gasteiger partial charge in [0.25, 0.3) is 5.91 Å². The van der Waals surface area contributed by atoms with E-state index in [2.05, 4.69) is 35.8 Å². The third kappa shape index (κ3) is 6.13. The van der Waals surface area contributed by atoms with Crippen molar-refractivity contribution in [3.63, 3.8) is 0 Å². The summed E-state index contributed by atoms with van der Waals surface area (Å²) in [5.74, 6) is 0.955. The Bertz CT molecular complexity index is 816. The SMILES string of the molecule is Cc1cccc(CSCC(=O)Nc2ccccc2C(=O)NC2CCCCC2)c1. The number of thioether (sulfide) groups is 1. The molecule has 1 aliphatic rings. The quantitative estimate of drug-likeness (QED) is 0.698. The van der Waals surface area contributed by atoms with E-state index in [0.29, 0.717) is 17.0 Å². The van der Waals surface area contributed by atoms with Crippen molar-refractivity contribution in [3.05, 3.63) is 65.2 Å². The number of benzene rings is 2. The molecule has 0 atom stereocenters. The Morgan fingerprint density at radius 3 is 2.61 bits per heavy atom. The maximum absolute atomic E-state index is 12.7. The summed E-state index contributed by atoms with van der Waals surface area (Å²) >= 11 is 1.57. The Morgan fingerprint density at radius 1 is 1.04 bits per heavy atom. The minimum absolute atomic E-state index is 0.0874. The summed E-state index contributed by atoms with van der Waals surface area (Å²) in [6.07, 6.45) is 5.66. The normalized spacial score (nSPS) is 14.5. The molecule has 3 rings (SSSR count). The second-order valence-corrected chi connectivity index (χ2v) is 8.37. The van der Waals surface area contributed by atoms with Crippen LogP contribution in [0.4, 0.5) is 5.69 Å². The van der Waals surface area contributed by atoms with Crippen LogP contribution in [0.5, 0.6) is 0 Å². The van der Waals surface area contributed by atoms with E-state index in [0.717, 1.165) is 18.6 Å². The first-order valence-electron chi connectivity index (χ1n) is 9.95. The molecule has 2 aromatic carbocycles. The minimum Gasteiger partial charge on any atom is -0.349 e. The van der Waals surface area contributed by atoms with Crippen LogP contribution >= 0.6 is 11.8 Å². The number of amides is 2. The van der Waals surface area contributed by atoms with Crippen molar-refractivity contribution in [2.45, 2.75) is 50.8 Å². The van der Waals surface area contributed by atoms with Gasteiger partial charge in [0, 0.05) is 11.8 Å². The van der Waals surface area contributed by atoms with Crippen LogP contribution in [0, 0.1) is 6.92 Å². The summed E-state index contributed by atoms with van der Waals surface area (Å²) in [4.78, 5) is 25.0. The standard InChI is InChI=1S/C23H28N2O2S/c1-17-8-7-9-18(14-17)15-28-16-22(26)25-21-13-6-5-12-20(21)23(27)24-19-10-3-2-4-11-19/h5-9,12-14,19H,2-4,10-11,15-16H2,1H3,(H,24,27)(H,25,26). The average molecular weight is 397 g/mol. The number of hydrogen-bond donors (Lipinski definition) is 2. The summed E-state index contributed by atoms with van der Waals surface area (Å²) in [5, 5.41) is 6.03. The van der Waals surface area contributed by atoms with Crippen molar-refractivity contribution in [2.75, 3.05) is 11.1 Å². The van der Waals surface area contributed by atoms with Gasteiger partial charge in [0.15, 0.2) is 0 Å². The molecule has 148 valence electrons. The summed E-state index contributed by atoms with van der Waals surface area (Å²) in [6, 6.07) is 15.8. The monoisotopic (exact) mass is 396 g/mol. The molecule has 1 fully saturated rings. The molecule has 0 unspecified atom stereocenters. The number of para-hydroxylation sites is 1. The van der Waals surface area contributed by atoms with Crippen molar-refractivity contribution < 1.29 is 9.59 Å². The van der Waals surface area contributed by atoms with Crippen LogP contribution in [-0.4, -0.2) is 23.6 Å². The Hall–Kier alpha value is -2.27. The second kappa shape index (κ2) is 10.3. The first-order chi connectivity index (χ1) is 13.6. The van der Waals surface area contributed by atoms with Crippen molar-refractivity contribution in [1.29, 1.82) is 0 Å². The number of hydrogen-bond acceptors (Lipinski definition) is 3. The van der Waals surface area contributed by atoms with Crippen LogP contribution in [0.1, 0.15) is 53.6 Å². The topological polar surface area (TPSA) is 58.2 Å². The van der Waals surface area contributed by atoms with Crippen LogP contribution in [0.25, 0.3) is 0 Å². The van der Waals surface area contributed by atoms with Crippen molar-refractivity contribution in [3.8, 4) is 0 Å². The van der Waals surface area contributed by atoms with Crippen LogP contribution in [0.2, 0.25) is 0 Å². The lowest BCUT2D eigenvalue weighted by Gasteiger charge is -2.23. The fourth-order valence-corrected chi connectivity index (χ4v) is 4.32. The first-order valence-corrected chi connectivity index (χ1v) is 11.1. The number of anilines is 1. The molecular weight excluding hydrogens is 368 g/mol. The van der Waals surface area contributed by atoms with Gasteiger partial charge in [-0.1, -0.05) is 61.2 Å². The van der Waals surface area contributed by atoms with E-state index in [-0.39, 0.29) is 17.9 Å². The summed E-state index contributed by atoms with van der Waals surface area (Å²) in [5.41, 5.74) is 3.55. The van der Waals surface area contributed by atoms with Gasteiger partial charge >= 0.3 is 0 Å². The summed E-state index contributed by atoms with van der Waals surface area (Å²) in [7, 11) is 0. The maximum atomic E-state index is 12.7. The Kier molecular flexibility index (Phi) is 7.54. The lowest BCUT2D eigenvalue weighted by Crippen LogP contribution is -2.36. The molecule has 1 aliphatic carbocycles. The zero-order valence-corrected chi connectivity index (χ0v) is 17.2. The van der Waals surface area contributed by atoms with Crippen LogP contribution in [0.3, 0.4) is 0 Å². The summed E-state index contributed by atoms with van der Waals surface area (Å²) < 4.78 is 0. The fraction of sp³-hybridized carbons (Fsp3) is 0.391. The molecule has 4 nitrogen and oxygen atoms in total. The predicted octanol–water partition coefficient (Wildman–Crippen LogP) is 4.93. The number of carbonyl (C=O) groups is 2. The average Bonchev–Trinajstić information content (AvgIpc) is 2.69. The third-order valence-corrected chi connectivity index (χ3v) is 5.97. The molecule has 2 aromatic rings. The van der Waals surface area contributed by atoms with Crippen molar-refractivity contribution in [1.82, 2.24) is 5.32 Å². The first kappa shape index (κ1) is 20.5.